The topological polar surface area (TPSA) is 142 Å². The van der Waals surface area contributed by atoms with Gasteiger partial charge in [0.15, 0.2) is 0 Å². The fraction of sp³-hybridized carbons (Fsp3) is 0.212. The number of rotatable bonds is 13. The molecule has 0 aromatic heterocycles. The molecule has 1 unspecified atom stereocenters. The first kappa shape index (κ1) is 31.9. The van der Waals surface area contributed by atoms with Crippen molar-refractivity contribution in [1.82, 2.24) is 14.8 Å². The van der Waals surface area contributed by atoms with E-state index in [1.807, 2.05) is 53.3 Å². The predicted molar refractivity (Wildman–Crippen MR) is 173 cm³/mol. The van der Waals surface area contributed by atoms with E-state index in [2.05, 4.69) is 22.2 Å². The number of hydrogen-bond acceptors (Lipinski definition) is 6. The summed E-state index contributed by atoms with van der Waals surface area (Å²) in [6.07, 6.45) is 2.45. The third kappa shape index (κ3) is 8.35. The highest BCUT2D eigenvalue weighted by molar-refractivity contribution is 7.92. The molecule has 45 heavy (non-hydrogen) atoms. The first-order valence-electron chi connectivity index (χ1n) is 14.5. The molecule has 0 saturated carbocycles. The lowest BCUT2D eigenvalue weighted by molar-refractivity contribution is -0.122. The second-order valence-corrected chi connectivity index (χ2v) is 14.0. The molecule has 0 aliphatic carbocycles. The van der Waals surface area contributed by atoms with Gasteiger partial charge in [0.2, 0.25) is 15.9 Å². The minimum Gasteiger partial charge on any atom is -0.355 e. The van der Waals surface area contributed by atoms with Crippen LogP contribution in [0.1, 0.15) is 24.0 Å². The van der Waals surface area contributed by atoms with E-state index in [1.54, 1.807) is 24.3 Å². The summed E-state index contributed by atoms with van der Waals surface area (Å²) in [6, 6.07) is 31.2. The summed E-state index contributed by atoms with van der Waals surface area (Å²) < 4.78 is 56.8. The van der Waals surface area contributed by atoms with E-state index >= 15 is 0 Å². The van der Waals surface area contributed by atoms with Crippen molar-refractivity contribution in [1.29, 1.82) is 0 Å². The molecule has 1 saturated heterocycles. The van der Waals surface area contributed by atoms with Crippen LogP contribution in [-0.2, 0) is 42.7 Å². The quantitative estimate of drug-likeness (QED) is 0.190. The molecule has 1 fully saturated rings. The molecule has 1 heterocycles. The van der Waals surface area contributed by atoms with Crippen LogP contribution < -0.4 is 19.1 Å². The molecular weight excluding hydrogens is 613 g/mol. The third-order valence-corrected chi connectivity index (χ3v) is 10.3. The van der Waals surface area contributed by atoms with Crippen molar-refractivity contribution in [2.45, 2.75) is 36.6 Å². The second-order valence-electron chi connectivity index (χ2n) is 10.7. The second kappa shape index (κ2) is 14.1. The van der Waals surface area contributed by atoms with Gasteiger partial charge >= 0.3 is 10.2 Å². The van der Waals surface area contributed by atoms with Gasteiger partial charge in [0.25, 0.3) is 5.91 Å². The van der Waals surface area contributed by atoms with Crippen LogP contribution in [0.4, 0.5) is 5.69 Å². The molecule has 1 aliphatic rings. The number of benzene rings is 4. The lowest BCUT2D eigenvalue weighted by atomic mass is 10.1. The van der Waals surface area contributed by atoms with Crippen LogP contribution in [0, 0.1) is 0 Å². The van der Waals surface area contributed by atoms with Gasteiger partial charge in [-0.2, -0.15) is 13.1 Å². The molecular formula is C33H34N4O6S2. The van der Waals surface area contributed by atoms with Gasteiger partial charge in [0.05, 0.1) is 10.6 Å². The van der Waals surface area contributed by atoms with Gasteiger partial charge in [0, 0.05) is 6.54 Å². The van der Waals surface area contributed by atoms with Gasteiger partial charge in [-0.15, -0.1) is 0 Å². The van der Waals surface area contributed by atoms with E-state index in [1.165, 1.54) is 29.8 Å². The maximum absolute atomic E-state index is 13.4. The number of anilines is 1. The number of amides is 2. The molecule has 1 atom stereocenters. The minimum absolute atomic E-state index is 0.0153. The Morgan fingerprint density at radius 3 is 2.04 bits per heavy atom. The number of unbranched alkanes of at least 4 members (excludes halogenated alkanes) is 1. The number of carbonyl (C=O) groups is 2. The molecule has 0 bridgehead atoms. The minimum atomic E-state index is -4.08. The smallest absolute Gasteiger partial charge is 0.326 e. The Kier molecular flexibility index (Phi) is 9.96. The Hall–Kier alpha value is -4.52. The Labute approximate surface area is 263 Å². The van der Waals surface area contributed by atoms with Crippen LogP contribution in [-0.4, -0.2) is 47.8 Å². The number of nitrogens with one attached hydrogen (secondary N) is 3. The van der Waals surface area contributed by atoms with Crippen molar-refractivity contribution in [3.05, 3.63) is 120 Å². The fourth-order valence-electron chi connectivity index (χ4n) is 5.04. The zero-order chi connectivity index (χ0) is 31.9. The standard InChI is InChI=1S/C33H34N4O6S2/c38-32-24-37(45(42,43)36-32)29-18-14-26(15-19-29)23-31(33(39)34-22-8-7-11-25-9-3-1-4-10-25)35-44(40,41)30-20-16-28(17-21-30)27-12-5-2-6-13-27/h1-6,9-10,12-21,31,35H,7-8,11,22-24H2,(H,34,39)(H,36,38). The number of hydrogen-bond donors (Lipinski definition) is 3. The summed E-state index contributed by atoms with van der Waals surface area (Å²) in [4.78, 5) is 25.0. The molecule has 4 aromatic carbocycles. The lowest BCUT2D eigenvalue weighted by Crippen LogP contribution is -2.48. The lowest BCUT2D eigenvalue weighted by Gasteiger charge is -2.20. The average molecular weight is 647 g/mol. The van der Waals surface area contributed by atoms with Gasteiger partial charge in [-0.05, 0) is 72.2 Å². The Bertz CT molecular complexity index is 1830. The van der Waals surface area contributed by atoms with E-state index in [0.717, 1.165) is 28.3 Å². The third-order valence-electron chi connectivity index (χ3n) is 7.40. The first-order valence-corrected chi connectivity index (χ1v) is 17.4. The van der Waals surface area contributed by atoms with Gasteiger partial charge in [0.1, 0.15) is 12.6 Å². The zero-order valence-corrected chi connectivity index (χ0v) is 26.1. The Morgan fingerprint density at radius 2 is 1.42 bits per heavy atom. The Morgan fingerprint density at radius 1 is 0.800 bits per heavy atom. The molecule has 234 valence electrons. The van der Waals surface area contributed by atoms with E-state index < -0.39 is 38.1 Å². The molecule has 10 nitrogen and oxygen atoms in total. The van der Waals surface area contributed by atoms with Crippen molar-refractivity contribution in [3.63, 3.8) is 0 Å². The highest BCUT2D eigenvalue weighted by Crippen LogP contribution is 2.23. The summed E-state index contributed by atoms with van der Waals surface area (Å²) in [5.74, 6) is -1.11. The van der Waals surface area contributed by atoms with Crippen LogP contribution in [0.25, 0.3) is 11.1 Å². The molecule has 2 amide bonds. The fourth-order valence-corrected chi connectivity index (χ4v) is 7.39. The molecule has 3 N–H and O–H groups in total. The molecule has 1 aliphatic heterocycles. The van der Waals surface area contributed by atoms with Crippen LogP contribution in [0.2, 0.25) is 0 Å². The molecule has 4 aromatic rings. The largest absolute Gasteiger partial charge is 0.355 e. The summed E-state index contributed by atoms with van der Waals surface area (Å²) >= 11 is 0. The highest BCUT2D eigenvalue weighted by Gasteiger charge is 2.34. The molecule has 5 rings (SSSR count). The van der Waals surface area contributed by atoms with Gasteiger partial charge in [-0.25, -0.2) is 17.4 Å². The zero-order valence-electron chi connectivity index (χ0n) is 24.4. The van der Waals surface area contributed by atoms with Gasteiger partial charge in [-0.3, -0.25) is 9.59 Å². The van der Waals surface area contributed by atoms with Gasteiger partial charge < -0.3 is 5.32 Å². The molecule has 0 radical (unpaired) electrons. The van der Waals surface area contributed by atoms with E-state index in [9.17, 15) is 26.4 Å². The van der Waals surface area contributed by atoms with Crippen molar-refractivity contribution < 1.29 is 26.4 Å². The normalized spacial score (nSPS) is 14.9. The molecule has 0 spiro atoms. The Balaban J connectivity index is 1.29. The SMILES string of the molecule is O=C1CN(c2ccc(CC(NS(=O)(=O)c3ccc(-c4ccccc4)cc3)C(=O)NCCCCc3ccccc3)cc2)S(=O)(=O)N1. The number of aryl methyl sites for hydroxylation is 1. The van der Waals surface area contributed by atoms with Crippen LogP contribution >= 0.6 is 0 Å². The van der Waals surface area contributed by atoms with Crippen molar-refractivity contribution in [3.8, 4) is 11.1 Å². The van der Waals surface area contributed by atoms with Crippen molar-refractivity contribution in [2.75, 3.05) is 17.4 Å². The summed E-state index contributed by atoms with van der Waals surface area (Å²) in [6.45, 7) is 0.0439. The van der Waals surface area contributed by atoms with Gasteiger partial charge in [-0.1, -0.05) is 84.9 Å². The number of nitrogens with zero attached hydrogens (tertiary/aromatic N) is 1. The summed E-state index contributed by atoms with van der Waals surface area (Å²) in [7, 11) is -8.05. The average Bonchev–Trinajstić information content (AvgIpc) is 3.33. The van der Waals surface area contributed by atoms with Crippen LogP contribution in [0.3, 0.4) is 0 Å². The maximum atomic E-state index is 13.4. The molecule has 12 heteroatoms. The van der Waals surface area contributed by atoms with Crippen LogP contribution in [0.15, 0.2) is 114 Å². The van der Waals surface area contributed by atoms with E-state index in [-0.39, 0.29) is 23.5 Å². The highest BCUT2D eigenvalue weighted by atomic mass is 32.2. The monoisotopic (exact) mass is 646 g/mol. The first-order chi connectivity index (χ1) is 21.6. The maximum Gasteiger partial charge on any atom is 0.326 e. The van der Waals surface area contributed by atoms with Crippen LogP contribution in [0.5, 0.6) is 0 Å². The number of sulfonamides is 1. The summed E-state index contributed by atoms with van der Waals surface area (Å²) in [5.41, 5.74) is 3.88. The summed E-state index contributed by atoms with van der Waals surface area (Å²) in [5, 5.41) is 2.87. The number of carbonyl (C=O) groups excluding carboxylic acids is 2. The predicted octanol–water partition coefficient (Wildman–Crippen LogP) is 3.56. The van der Waals surface area contributed by atoms with Crippen molar-refractivity contribution in [2.24, 2.45) is 0 Å². The van der Waals surface area contributed by atoms with E-state index in [4.69, 9.17) is 0 Å². The van der Waals surface area contributed by atoms with Crippen molar-refractivity contribution >= 4 is 37.7 Å². The van der Waals surface area contributed by atoms with E-state index in [0.29, 0.717) is 18.5 Å².